The summed E-state index contributed by atoms with van der Waals surface area (Å²) in [6, 6.07) is 0. The van der Waals surface area contributed by atoms with Gasteiger partial charge in [0.2, 0.25) is 0 Å². The van der Waals surface area contributed by atoms with Crippen LogP contribution in [0.25, 0.3) is 0 Å². The molecular weight excluding hydrogens is 226 g/mol. The molecule has 0 aliphatic heterocycles. The van der Waals surface area contributed by atoms with Crippen LogP contribution in [0.15, 0.2) is 0 Å². The summed E-state index contributed by atoms with van der Waals surface area (Å²) in [7, 11) is 3.33. The molecule has 0 rings (SSSR count). The first-order valence-corrected chi connectivity index (χ1v) is 5.89. The maximum absolute atomic E-state index is 5.29. The van der Waals surface area contributed by atoms with E-state index in [0.29, 0.717) is 39.6 Å². The third kappa shape index (κ3) is 15.8. The number of hydrogen-bond donors (Lipinski definition) is 1. The zero-order valence-corrected chi connectivity index (χ0v) is 10.9. The van der Waals surface area contributed by atoms with E-state index in [1.54, 1.807) is 14.2 Å². The molecule has 0 amide bonds. The molecule has 17 heavy (non-hydrogen) atoms. The van der Waals surface area contributed by atoms with Crippen molar-refractivity contribution >= 4 is 0 Å². The van der Waals surface area contributed by atoms with Crippen LogP contribution in [-0.2, 0) is 23.8 Å². The monoisotopic (exact) mass is 251 g/mol. The molecule has 0 heterocycles. The minimum atomic E-state index is 0.533. The van der Waals surface area contributed by atoms with E-state index >= 15 is 0 Å². The SMILES string of the molecule is COCCCNOCCOCCOCCOC. The lowest BCUT2D eigenvalue weighted by atomic mass is 10.5. The van der Waals surface area contributed by atoms with Gasteiger partial charge >= 0.3 is 0 Å². The van der Waals surface area contributed by atoms with Crippen LogP contribution < -0.4 is 5.48 Å². The molecule has 0 aliphatic carbocycles. The molecule has 6 heteroatoms. The van der Waals surface area contributed by atoms with E-state index in [1.807, 2.05) is 0 Å². The first-order chi connectivity index (χ1) is 8.41. The van der Waals surface area contributed by atoms with Gasteiger partial charge in [0.15, 0.2) is 0 Å². The van der Waals surface area contributed by atoms with Crippen molar-refractivity contribution in [2.24, 2.45) is 0 Å². The first kappa shape index (κ1) is 16.8. The summed E-state index contributed by atoms with van der Waals surface area (Å²) in [4.78, 5) is 5.13. The minimum absolute atomic E-state index is 0.533. The third-order valence-electron chi connectivity index (χ3n) is 1.86. The smallest absolute Gasteiger partial charge is 0.0916 e. The average molecular weight is 251 g/mol. The summed E-state index contributed by atoms with van der Waals surface area (Å²) < 4.78 is 20.2. The van der Waals surface area contributed by atoms with Crippen LogP contribution in [0.5, 0.6) is 0 Å². The van der Waals surface area contributed by atoms with Gasteiger partial charge in [-0.2, -0.15) is 0 Å². The molecule has 104 valence electrons. The number of rotatable bonds is 14. The van der Waals surface area contributed by atoms with Crippen molar-refractivity contribution in [2.45, 2.75) is 6.42 Å². The van der Waals surface area contributed by atoms with Crippen LogP contribution in [0.4, 0.5) is 0 Å². The molecule has 0 bridgehead atoms. The van der Waals surface area contributed by atoms with Crippen LogP contribution in [0, 0.1) is 0 Å². The second-order valence-electron chi connectivity index (χ2n) is 3.31. The van der Waals surface area contributed by atoms with E-state index in [4.69, 9.17) is 23.8 Å². The Hall–Kier alpha value is -0.240. The molecule has 6 nitrogen and oxygen atoms in total. The number of hydrogen-bond acceptors (Lipinski definition) is 6. The van der Waals surface area contributed by atoms with Gasteiger partial charge in [0.05, 0.1) is 39.6 Å². The highest BCUT2D eigenvalue weighted by Gasteiger charge is 1.91. The second-order valence-corrected chi connectivity index (χ2v) is 3.31. The number of hydroxylamine groups is 1. The molecule has 0 radical (unpaired) electrons. The van der Waals surface area contributed by atoms with E-state index in [0.717, 1.165) is 19.6 Å². The fraction of sp³-hybridized carbons (Fsp3) is 1.00. The molecule has 0 aromatic rings. The minimum Gasteiger partial charge on any atom is -0.385 e. The van der Waals surface area contributed by atoms with E-state index in [1.165, 1.54) is 0 Å². The van der Waals surface area contributed by atoms with Gasteiger partial charge in [-0.05, 0) is 6.42 Å². The summed E-state index contributed by atoms with van der Waals surface area (Å²) in [5.74, 6) is 0. The molecule has 0 saturated carbocycles. The summed E-state index contributed by atoms with van der Waals surface area (Å²) in [5.41, 5.74) is 2.83. The van der Waals surface area contributed by atoms with Crippen molar-refractivity contribution < 1.29 is 23.8 Å². The topological polar surface area (TPSA) is 58.2 Å². The van der Waals surface area contributed by atoms with E-state index in [9.17, 15) is 0 Å². The first-order valence-electron chi connectivity index (χ1n) is 5.89. The van der Waals surface area contributed by atoms with E-state index < -0.39 is 0 Å². The second kappa shape index (κ2) is 15.8. The lowest BCUT2D eigenvalue weighted by molar-refractivity contribution is -0.0236. The van der Waals surface area contributed by atoms with Gasteiger partial charge in [-0.15, -0.1) is 0 Å². The Labute approximate surface area is 103 Å². The molecule has 0 aromatic heterocycles. The maximum Gasteiger partial charge on any atom is 0.0916 e. The van der Waals surface area contributed by atoms with Crippen molar-refractivity contribution in [3.63, 3.8) is 0 Å². The van der Waals surface area contributed by atoms with Gasteiger partial charge in [0, 0.05) is 27.4 Å². The third-order valence-corrected chi connectivity index (χ3v) is 1.86. The molecule has 0 aromatic carbocycles. The van der Waals surface area contributed by atoms with Crippen molar-refractivity contribution in [2.75, 3.05) is 67.0 Å². The van der Waals surface area contributed by atoms with Gasteiger partial charge in [-0.3, -0.25) is 4.84 Å². The predicted molar refractivity (Wildman–Crippen MR) is 64.0 cm³/mol. The van der Waals surface area contributed by atoms with Gasteiger partial charge in [0.1, 0.15) is 0 Å². The fourth-order valence-corrected chi connectivity index (χ4v) is 0.998. The van der Waals surface area contributed by atoms with Crippen LogP contribution in [0.1, 0.15) is 6.42 Å². The summed E-state index contributed by atoms with van der Waals surface area (Å²) in [6.07, 6.45) is 0.935. The number of ether oxygens (including phenoxy) is 4. The zero-order valence-electron chi connectivity index (χ0n) is 10.9. The number of nitrogens with one attached hydrogen (secondary N) is 1. The Balaban J connectivity index is 2.85. The van der Waals surface area contributed by atoms with Crippen LogP contribution in [0.3, 0.4) is 0 Å². The molecule has 0 spiro atoms. The Morgan fingerprint density at radius 1 is 0.706 bits per heavy atom. The molecule has 0 fully saturated rings. The number of methoxy groups -OCH3 is 2. The van der Waals surface area contributed by atoms with Gasteiger partial charge in [-0.1, -0.05) is 0 Å². The van der Waals surface area contributed by atoms with Crippen molar-refractivity contribution in [3.05, 3.63) is 0 Å². The summed E-state index contributed by atoms with van der Waals surface area (Å²) >= 11 is 0. The van der Waals surface area contributed by atoms with Crippen molar-refractivity contribution in [3.8, 4) is 0 Å². The van der Waals surface area contributed by atoms with E-state index in [2.05, 4.69) is 5.48 Å². The van der Waals surface area contributed by atoms with Crippen LogP contribution >= 0.6 is 0 Å². The highest BCUT2D eigenvalue weighted by atomic mass is 16.7. The maximum atomic E-state index is 5.29. The summed E-state index contributed by atoms with van der Waals surface area (Å²) in [6.45, 7) is 5.02. The zero-order chi connectivity index (χ0) is 12.6. The van der Waals surface area contributed by atoms with Crippen LogP contribution in [-0.4, -0.2) is 67.0 Å². The molecular formula is C11H25NO5. The molecule has 0 atom stereocenters. The fourth-order valence-electron chi connectivity index (χ4n) is 0.998. The molecule has 0 aliphatic rings. The quantitative estimate of drug-likeness (QED) is 0.352. The Kier molecular flexibility index (Phi) is 15.5. The lowest BCUT2D eigenvalue weighted by Crippen LogP contribution is -2.20. The highest BCUT2D eigenvalue weighted by molar-refractivity contribution is 4.36. The lowest BCUT2D eigenvalue weighted by Gasteiger charge is -2.07. The average Bonchev–Trinajstić information content (AvgIpc) is 2.35. The Morgan fingerprint density at radius 3 is 1.94 bits per heavy atom. The van der Waals surface area contributed by atoms with Gasteiger partial charge in [0.25, 0.3) is 0 Å². The van der Waals surface area contributed by atoms with Crippen molar-refractivity contribution in [1.82, 2.24) is 5.48 Å². The van der Waals surface area contributed by atoms with Gasteiger partial charge in [-0.25, -0.2) is 5.48 Å². The molecule has 0 unspecified atom stereocenters. The van der Waals surface area contributed by atoms with Gasteiger partial charge < -0.3 is 18.9 Å². The largest absolute Gasteiger partial charge is 0.385 e. The predicted octanol–water partition coefficient (Wildman–Crippen LogP) is 0.224. The normalized spacial score (nSPS) is 10.9. The Bertz CT molecular complexity index is 123. The van der Waals surface area contributed by atoms with Crippen molar-refractivity contribution in [1.29, 1.82) is 0 Å². The standard InChI is InChI=1S/C11H25NO5/c1-13-5-3-4-12-17-11-10-16-9-8-15-7-6-14-2/h12H,3-11H2,1-2H3. The van der Waals surface area contributed by atoms with E-state index in [-0.39, 0.29) is 0 Å². The molecule has 0 saturated heterocycles. The Morgan fingerprint density at radius 2 is 1.29 bits per heavy atom. The molecule has 1 N–H and O–H groups in total. The summed E-state index contributed by atoms with van der Waals surface area (Å²) in [5, 5.41) is 0. The van der Waals surface area contributed by atoms with Crippen LogP contribution in [0.2, 0.25) is 0 Å². The highest BCUT2D eigenvalue weighted by Crippen LogP contribution is 1.81.